The molecule has 0 spiro atoms. The molecule has 0 saturated carbocycles. The Labute approximate surface area is 318 Å². The van der Waals surface area contributed by atoms with Crippen LogP contribution in [0, 0.1) is 0 Å². The Morgan fingerprint density at radius 2 is 1.06 bits per heavy atom. The van der Waals surface area contributed by atoms with Gasteiger partial charge in [0, 0.05) is 0 Å². The zero-order valence-electron chi connectivity index (χ0n) is 29.8. The minimum Gasteiger partial charge on any atom is -1.00 e. The smallest absolute Gasteiger partial charge is 1.00 e. The van der Waals surface area contributed by atoms with Crippen LogP contribution in [0.5, 0.6) is 0 Å². The third-order valence-electron chi connectivity index (χ3n) is 10.5. The molecule has 0 saturated heterocycles. The van der Waals surface area contributed by atoms with Crippen LogP contribution in [0.25, 0.3) is 32.7 Å². The maximum atomic E-state index is 2.66. The maximum absolute atomic E-state index is 2.82. The summed E-state index contributed by atoms with van der Waals surface area (Å²) in [7, 11) is 0. The van der Waals surface area contributed by atoms with Crippen LogP contribution < -0.4 is 28.1 Å². The number of rotatable bonds is 4. The molecule has 0 atom stereocenters. The van der Waals surface area contributed by atoms with Crippen molar-refractivity contribution < 1.29 is 46.1 Å². The maximum Gasteiger partial charge on any atom is -1.00 e. The van der Waals surface area contributed by atoms with Gasteiger partial charge in [-0.25, -0.2) is 0 Å². The van der Waals surface area contributed by atoms with Gasteiger partial charge in [-0.3, -0.25) is 0 Å². The first kappa shape index (κ1) is 36.4. The third kappa shape index (κ3) is 6.70. The number of halogens is 2. The fourth-order valence-corrected chi connectivity index (χ4v) is 15.9. The molecule has 2 aliphatic rings. The van der Waals surface area contributed by atoms with Crippen LogP contribution in [-0.2, 0) is 38.5 Å². The van der Waals surface area contributed by atoms with Crippen LogP contribution in [0.3, 0.4) is 0 Å². The number of benzene rings is 6. The normalized spacial score (nSPS) is 13.4. The molecule has 0 aliphatic heterocycles. The largest absolute Gasteiger partial charge is 1.00 e. The molecule has 0 bridgehead atoms. The Morgan fingerprint density at radius 1 is 0.540 bits per heavy atom. The molecule has 0 amide bonds. The minimum atomic E-state index is -2.82. The molecule has 6 aromatic rings. The molecule has 0 nitrogen and oxygen atoms in total. The SMILES string of the molecule is CC(C)(C)c1ccc2c(c1)-c1cc(C(C)(C)C)c[c]([Zr+2](=[C](c3ccc4ccccc4c3)c3ccc4ccccc4c3)[CH]3C=CC=C3)c1C2.[Cl-].[Cl-]. The van der Waals surface area contributed by atoms with E-state index in [2.05, 4.69) is 181 Å². The molecule has 50 heavy (non-hydrogen) atoms. The van der Waals surface area contributed by atoms with Crippen LogP contribution in [-0.4, -0.2) is 3.21 Å². The molecule has 0 heterocycles. The predicted octanol–water partition coefficient (Wildman–Crippen LogP) is 5.59. The summed E-state index contributed by atoms with van der Waals surface area (Å²) in [5.41, 5.74) is 11.7. The average molecular weight is 771 g/mol. The van der Waals surface area contributed by atoms with Crippen LogP contribution in [0.2, 0.25) is 3.63 Å². The summed E-state index contributed by atoms with van der Waals surface area (Å²) < 4.78 is 3.69. The Morgan fingerprint density at radius 3 is 1.60 bits per heavy atom. The molecule has 6 aromatic carbocycles. The van der Waals surface area contributed by atoms with E-state index in [1.165, 1.54) is 60.5 Å². The van der Waals surface area contributed by atoms with Gasteiger partial charge >= 0.3 is 296 Å². The van der Waals surface area contributed by atoms with Crippen molar-refractivity contribution in [2.75, 3.05) is 0 Å². The standard InChI is InChI=1S/C21H14.C21H25.C5H5.2ClH.Zr/c1-3-7-20-14-16(9-11-18(20)5-1)13-17-10-12-19-6-2-4-8-21(19)15-17;1-20(2,3)16-9-7-14-11-15-8-10-17(21(4,5)6)13-19(15)18(14)12-16;1-2-4-5-3-1;;;/h1-12,14-15H;7,9-10,12-13H,11H2,1-6H3;1-5H;2*1H;/q;;;;;+2/p-2. The molecule has 2 aliphatic carbocycles. The molecule has 3 heteroatoms. The van der Waals surface area contributed by atoms with Gasteiger partial charge in [0.25, 0.3) is 0 Å². The molecule has 250 valence electrons. The van der Waals surface area contributed by atoms with Crippen LogP contribution in [0.15, 0.2) is 140 Å². The summed E-state index contributed by atoms with van der Waals surface area (Å²) in [6.45, 7) is 14.2. The van der Waals surface area contributed by atoms with Gasteiger partial charge < -0.3 is 24.8 Å². The van der Waals surface area contributed by atoms with Crippen molar-refractivity contribution in [2.24, 2.45) is 0 Å². The summed E-state index contributed by atoms with van der Waals surface area (Å²) in [6.07, 6.45) is 10.6. The molecular formula is C47H44Cl2Zr. The summed E-state index contributed by atoms with van der Waals surface area (Å²) in [5, 5.41) is 5.21. The fourth-order valence-electron chi connectivity index (χ4n) is 7.69. The monoisotopic (exact) mass is 768 g/mol. The number of hydrogen-bond donors (Lipinski definition) is 0. The number of fused-ring (bicyclic) bond motifs is 5. The van der Waals surface area contributed by atoms with E-state index in [1.807, 2.05) is 0 Å². The van der Waals surface area contributed by atoms with E-state index in [4.69, 9.17) is 0 Å². The second-order valence-corrected chi connectivity index (χ2v) is 22.0. The van der Waals surface area contributed by atoms with E-state index in [-0.39, 0.29) is 35.6 Å². The molecule has 8 rings (SSSR count). The molecule has 0 N–H and O–H groups in total. The summed E-state index contributed by atoms with van der Waals surface area (Å²) in [6, 6.07) is 44.6. The van der Waals surface area contributed by atoms with Gasteiger partial charge in [0.2, 0.25) is 0 Å². The third-order valence-corrected chi connectivity index (χ3v) is 18.3. The minimum absolute atomic E-state index is 0. The summed E-state index contributed by atoms with van der Waals surface area (Å²) in [4.78, 5) is 0. The Hall–Kier alpha value is -3.35. The van der Waals surface area contributed by atoms with Gasteiger partial charge in [0.15, 0.2) is 0 Å². The van der Waals surface area contributed by atoms with E-state index in [0.29, 0.717) is 3.63 Å². The van der Waals surface area contributed by atoms with Gasteiger partial charge in [-0.15, -0.1) is 0 Å². The number of hydrogen-bond acceptors (Lipinski definition) is 0. The quantitative estimate of drug-likeness (QED) is 0.219. The first-order valence-electron chi connectivity index (χ1n) is 17.4. The summed E-state index contributed by atoms with van der Waals surface area (Å²) in [5.74, 6) is 0. The fraction of sp³-hybridized carbons (Fsp3) is 0.213. The van der Waals surface area contributed by atoms with Gasteiger partial charge in [-0.1, -0.05) is 0 Å². The Balaban J connectivity index is 0.00000216. The van der Waals surface area contributed by atoms with Crippen molar-refractivity contribution in [3.05, 3.63) is 173 Å². The zero-order valence-corrected chi connectivity index (χ0v) is 33.8. The molecule has 0 fully saturated rings. The average Bonchev–Trinajstić information content (AvgIpc) is 3.74. The first-order valence-corrected chi connectivity index (χ1v) is 21.3. The topological polar surface area (TPSA) is 0 Å². The van der Waals surface area contributed by atoms with E-state index in [1.54, 1.807) is 12.0 Å². The van der Waals surface area contributed by atoms with Crippen LogP contribution in [0.1, 0.15) is 74.9 Å². The molecule has 0 radical (unpaired) electrons. The van der Waals surface area contributed by atoms with Gasteiger partial charge in [-0.2, -0.15) is 0 Å². The molecule has 0 unspecified atom stereocenters. The van der Waals surface area contributed by atoms with Crippen LogP contribution >= 0.6 is 0 Å². The van der Waals surface area contributed by atoms with Crippen molar-refractivity contribution in [1.82, 2.24) is 0 Å². The van der Waals surface area contributed by atoms with Gasteiger partial charge in [-0.05, 0) is 0 Å². The van der Waals surface area contributed by atoms with E-state index in [9.17, 15) is 0 Å². The van der Waals surface area contributed by atoms with E-state index >= 15 is 0 Å². The first-order chi connectivity index (χ1) is 23.0. The van der Waals surface area contributed by atoms with Crippen molar-refractivity contribution in [2.45, 2.75) is 62.4 Å². The van der Waals surface area contributed by atoms with Crippen molar-refractivity contribution >= 4 is 28.0 Å². The Bertz CT molecular complexity index is 2250. The zero-order chi connectivity index (χ0) is 33.2. The Kier molecular flexibility index (Phi) is 10.2. The van der Waals surface area contributed by atoms with Gasteiger partial charge in [0.1, 0.15) is 0 Å². The molecular weight excluding hydrogens is 727 g/mol. The van der Waals surface area contributed by atoms with Crippen molar-refractivity contribution in [3.63, 3.8) is 0 Å². The second-order valence-electron chi connectivity index (χ2n) is 15.8. The predicted molar refractivity (Wildman–Crippen MR) is 205 cm³/mol. The van der Waals surface area contributed by atoms with E-state index in [0.717, 1.165) is 6.42 Å². The number of allylic oxidation sites excluding steroid dienone is 4. The van der Waals surface area contributed by atoms with E-state index < -0.39 is 21.3 Å². The molecule has 0 aromatic heterocycles. The van der Waals surface area contributed by atoms with Crippen LogP contribution in [0.4, 0.5) is 0 Å². The summed E-state index contributed by atoms with van der Waals surface area (Å²) >= 11 is -2.82. The van der Waals surface area contributed by atoms with Gasteiger partial charge in [0.05, 0.1) is 0 Å². The van der Waals surface area contributed by atoms with Crippen molar-refractivity contribution in [1.29, 1.82) is 0 Å². The van der Waals surface area contributed by atoms with Crippen molar-refractivity contribution in [3.8, 4) is 11.1 Å². The second kappa shape index (κ2) is 14.0.